The van der Waals surface area contributed by atoms with Crippen LogP contribution in [0.4, 0.5) is 0 Å². The Labute approximate surface area is 196 Å². The number of pyridine rings is 1. The van der Waals surface area contributed by atoms with Crippen LogP contribution in [-0.2, 0) is 21.2 Å². The van der Waals surface area contributed by atoms with E-state index >= 15 is 0 Å². The number of sulfonamides is 1. The molecule has 2 atom stereocenters. The Hall–Kier alpha value is -2.16. The van der Waals surface area contributed by atoms with Gasteiger partial charge in [0.1, 0.15) is 5.75 Å². The molecule has 0 radical (unpaired) electrons. The molecule has 180 valence electrons. The fourth-order valence-corrected chi connectivity index (χ4v) is 6.14. The quantitative estimate of drug-likeness (QED) is 0.665. The minimum atomic E-state index is -3.40. The number of methoxy groups -OCH3 is 1. The number of ether oxygens (including phenoxy) is 2. The third kappa shape index (κ3) is 5.50. The van der Waals surface area contributed by atoms with Gasteiger partial charge in [-0.1, -0.05) is 24.3 Å². The first-order valence-electron chi connectivity index (χ1n) is 11.7. The molecule has 1 aromatic carbocycles. The molecular formula is C25H34N2O5S. The van der Waals surface area contributed by atoms with E-state index in [4.69, 9.17) is 9.47 Å². The summed E-state index contributed by atoms with van der Waals surface area (Å²) in [6, 6.07) is 11.3. The van der Waals surface area contributed by atoms with Gasteiger partial charge in [0.2, 0.25) is 10.0 Å². The lowest BCUT2D eigenvalue weighted by Gasteiger charge is -2.37. The fraction of sp³-hybridized carbons (Fsp3) is 0.560. The Kier molecular flexibility index (Phi) is 7.26. The second-order valence-corrected chi connectivity index (χ2v) is 11.1. The number of aromatic nitrogens is 1. The molecule has 4 rings (SSSR count). The normalized spacial score (nSPS) is 25.4. The van der Waals surface area contributed by atoms with Crippen LogP contribution >= 0.6 is 0 Å². The standard InChI is InChI=1S/C25H34N2O5S/c1-17-8-11-19-12-15-22(26-33(3,29)30)23(27(19)25(17)28)16-32-20-13-9-18(10-14-20)21-6-4-5-7-24(21)31-2/h4-8,11,18,20,22-23,26H,9-10,12-16H2,1-3H3. The predicted octanol–water partition coefficient (Wildman–Crippen LogP) is 3.31. The summed E-state index contributed by atoms with van der Waals surface area (Å²) in [7, 11) is -1.69. The number of benzene rings is 1. The van der Waals surface area contributed by atoms with Crippen molar-refractivity contribution in [1.29, 1.82) is 0 Å². The Bertz CT molecular complexity index is 1140. The number of fused-ring (bicyclic) bond motifs is 1. The molecule has 2 heterocycles. The summed E-state index contributed by atoms with van der Waals surface area (Å²) in [5.74, 6) is 1.38. The summed E-state index contributed by atoms with van der Waals surface area (Å²) in [5, 5.41) is 0. The third-order valence-corrected chi connectivity index (χ3v) is 7.75. The highest BCUT2D eigenvalue weighted by Gasteiger charge is 2.34. The molecule has 2 unspecified atom stereocenters. The van der Waals surface area contributed by atoms with Gasteiger partial charge >= 0.3 is 0 Å². The number of para-hydroxylation sites is 1. The SMILES string of the molecule is COc1ccccc1C1CCC(OCC2C(NS(C)(=O)=O)CCc3ccc(C)c(=O)n32)CC1. The minimum absolute atomic E-state index is 0.0685. The number of hydrogen-bond acceptors (Lipinski definition) is 5. The van der Waals surface area contributed by atoms with Crippen LogP contribution in [0, 0.1) is 6.92 Å². The first-order chi connectivity index (χ1) is 15.8. The highest BCUT2D eigenvalue weighted by atomic mass is 32.2. The molecule has 7 nitrogen and oxygen atoms in total. The van der Waals surface area contributed by atoms with E-state index in [9.17, 15) is 13.2 Å². The second kappa shape index (κ2) is 9.99. The summed E-state index contributed by atoms with van der Waals surface area (Å²) in [4.78, 5) is 13.0. The molecule has 0 amide bonds. The van der Waals surface area contributed by atoms with Crippen molar-refractivity contribution in [2.75, 3.05) is 20.0 Å². The largest absolute Gasteiger partial charge is 0.496 e. The molecule has 8 heteroatoms. The van der Waals surface area contributed by atoms with E-state index in [2.05, 4.69) is 16.9 Å². The summed E-state index contributed by atoms with van der Waals surface area (Å²) in [6.45, 7) is 2.10. The predicted molar refractivity (Wildman–Crippen MR) is 129 cm³/mol. The van der Waals surface area contributed by atoms with E-state index in [1.807, 2.05) is 24.3 Å². The van der Waals surface area contributed by atoms with Gasteiger partial charge in [-0.2, -0.15) is 0 Å². The average molecular weight is 475 g/mol. The van der Waals surface area contributed by atoms with Crippen molar-refractivity contribution in [1.82, 2.24) is 9.29 Å². The second-order valence-electron chi connectivity index (χ2n) is 9.33. The third-order valence-electron chi connectivity index (χ3n) is 7.02. The number of aryl methyl sites for hydroxylation is 2. The number of nitrogens with one attached hydrogen (secondary N) is 1. The van der Waals surface area contributed by atoms with Crippen molar-refractivity contribution in [2.45, 2.75) is 69.6 Å². The molecule has 0 saturated heterocycles. The Balaban J connectivity index is 1.46. The molecule has 1 fully saturated rings. The summed E-state index contributed by atoms with van der Waals surface area (Å²) < 4.78 is 40.3. The lowest BCUT2D eigenvalue weighted by atomic mass is 9.82. The van der Waals surface area contributed by atoms with Crippen LogP contribution in [0.3, 0.4) is 0 Å². The summed E-state index contributed by atoms with van der Waals surface area (Å²) >= 11 is 0. The number of rotatable bonds is 7. The minimum Gasteiger partial charge on any atom is -0.496 e. The van der Waals surface area contributed by atoms with Crippen molar-refractivity contribution in [3.63, 3.8) is 0 Å². The first-order valence-corrected chi connectivity index (χ1v) is 13.6. The maximum absolute atomic E-state index is 13.0. The van der Waals surface area contributed by atoms with Crippen LogP contribution in [0.25, 0.3) is 0 Å². The van der Waals surface area contributed by atoms with Gasteiger partial charge < -0.3 is 14.0 Å². The Morgan fingerprint density at radius 1 is 1.06 bits per heavy atom. The van der Waals surface area contributed by atoms with Gasteiger partial charge in [0.15, 0.2) is 0 Å². The molecule has 1 aliphatic carbocycles. The molecule has 1 saturated carbocycles. The molecular weight excluding hydrogens is 440 g/mol. The maximum atomic E-state index is 13.0. The fourth-order valence-electron chi connectivity index (χ4n) is 5.32. The van der Waals surface area contributed by atoms with Crippen LogP contribution in [0.15, 0.2) is 41.2 Å². The van der Waals surface area contributed by atoms with Crippen LogP contribution in [0.5, 0.6) is 5.75 Å². The lowest BCUT2D eigenvalue weighted by molar-refractivity contribution is -0.00178. The van der Waals surface area contributed by atoms with E-state index in [0.717, 1.165) is 37.1 Å². The first kappa shape index (κ1) is 24.0. The summed E-state index contributed by atoms with van der Waals surface area (Å²) in [6.07, 6.45) is 6.43. The van der Waals surface area contributed by atoms with Gasteiger partial charge in [-0.05, 0) is 69.1 Å². The van der Waals surface area contributed by atoms with Crippen LogP contribution < -0.4 is 15.0 Å². The molecule has 2 aromatic rings. The zero-order chi connectivity index (χ0) is 23.6. The van der Waals surface area contributed by atoms with Crippen molar-refractivity contribution in [3.8, 4) is 5.75 Å². The monoisotopic (exact) mass is 474 g/mol. The molecule has 2 aliphatic rings. The molecule has 0 spiro atoms. The topological polar surface area (TPSA) is 86.6 Å². The average Bonchev–Trinajstić information content (AvgIpc) is 2.80. The lowest BCUT2D eigenvalue weighted by Crippen LogP contribution is -2.49. The summed E-state index contributed by atoms with van der Waals surface area (Å²) in [5.41, 5.74) is 2.77. The number of nitrogens with zero attached hydrogens (tertiary/aromatic N) is 1. The Morgan fingerprint density at radius 3 is 2.48 bits per heavy atom. The van der Waals surface area contributed by atoms with E-state index in [0.29, 0.717) is 30.9 Å². The van der Waals surface area contributed by atoms with Gasteiger partial charge in [-0.15, -0.1) is 0 Å². The van der Waals surface area contributed by atoms with Crippen LogP contribution in [0.1, 0.15) is 60.9 Å². The molecule has 1 aromatic heterocycles. The van der Waals surface area contributed by atoms with Crippen molar-refractivity contribution >= 4 is 10.0 Å². The highest BCUT2D eigenvalue weighted by Crippen LogP contribution is 2.38. The number of hydrogen-bond donors (Lipinski definition) is 1. The van der Waals surface area contributed by atoms with Crippen molar-refractivity contribution in [2.24, 2.45) is 0 Å². The van der Waals surface area contributed by atoms with Gasteiger partial charge in [0.25, 0.3) is 5.56 Å². The maximum Gasteiger partial charge on any atom is 0.254 e. The molecule has 0 bridgehead atoms. The molecule has 33 heavy (non-hydrogen) atoms. The zero-order valence-corrected chi connectivity index (χ0v) is 20.4. The van der Waals surface area contributed by atoms with E-state index in [-0.39, 0.29) is 23.7 Å². The van der Waals surface area contributed by atoms with Crippen LogP contribution in [-0.4, -0.2) is 45.1 Å². The zero-order valence-electron chi connectivity index (χ0n) is 19.6. The van der Waals surface area contributed by atoms with Gasteiger partial charge in [-0.25, -0.2) is 13.1 Å². The van der Waals surface area contributed by atoms with Crippen molar-refractivity contribution < 1.29 is 17.9 Å². The van der Waals surface area contributed by atoms with E-state index in [1.165, 1.54) is 11.8 Å². The molecule has 1 N–H and O–H groups in total. The van der Waals surface area contributed by atoms with E-state index < -0.39 is 10.0 Å². The smallest absolute Gasteiger partial charge is 0.254 e. The molecule has 1 aliphatic heterocycles. The Morgan fingerprint density at radius 2 is 1.79 bits per heavy atom. The van der Waals surface area contributed by atoms with Gasteiger partial charge in [0, 0.05) is 17.3 Å². The van der Waals surface area contributed by atoms with Crippen molar-refractivity contribution in [3.05, 3.63) is 63.6 Å². The van der Waals surface area contributed by atoms with E-state index in [1.54, 1.807) is 18.6 Å². The van der Waals surface area contributed by atoms with Gasteiger partial charge in [-0.3, -0.25) is 4.79 Å². The highest BCUT2D eigenvalue weighted by molar-refractivity contribution is 7.88. The van der Waals surface area contributed by atoms with Crippen LogP contribution in [0.2, 0.25) is 0 Å². The van der Waals surface area contributed by atoms with Gasteiger partial charge in [0.05, 0.1) is 32.1 Å².